The van der Waals surface area contributed by atoms with E-state index in [2.05, 4.69) is 26.3 Å². The number of benzene rings is 1. The Labute approximate surface area is 136 Å². The highest BCUT2D eigenvalue weighted by Gasteiger charge is 2.30. The third-order valence-electron chi connectivity index (χ3n) is 3.31. The monoisotopic (exact) mass is 365 g/mol. The molecule has 7 heteroatoms. The summed E-state index contributed by atoms with van der Waals surface area (Å²) in [5.74, 6) is -1.30. The van der Waals surface area contributed by atoms with E-state index in [1.165, 1.54) is 30.9 Å². The topological polar surface area (TPSA) is 84.2 Å². The summed E-state index contributed by atoms with van der Waals surface area (Å²) in [7, 11) is 0. The van der Waals surface area contributed by atoms with Gasteiger partial charge in [0.05, 0.1) is 17.4 Å². The molecular weight excluding hydrogens is 350 g/mol. The van der Waals surface area contributed by atoms with Crippen molar-refractivity contribution in [3.8, 4) is 0 Å². The maximum Gasteiger partial charge on any atom is 0.331 e. The van der Waals surface area contributed by atoms with Crippen LogP contribution in [0.5, 0.6) is 0 Å². The van der Waals surface area contributed by atoms with Crippen molar-refractivity contribution in [1.29, 1.82) is 0 Å². The van der Waals surface area contributed by atoms with Gasteiger partial charge in [-0.2, -0.15) is 5.10 Å². The van der Waals surface area contributed by atoms with Gasteiger partial charge in [0.15, 0.2) is 5.54 Å². The maximum absolute atomic E-state index is 12.2. The summed E-state index contributed by atoms with van der Waals surface area (Å²) in [4.78, 5) is 23.4. The molecule has 0 radical (unpaired) electrons. The van der Waals surface area contributed by atoms with Crippen molar-refractivity contribution in [1.82, 2.24) is 9.78 Å². The average molecular weight is 366 g/mol. The number of carbonyl (C=O) groups is 2. The molecular formula is C15H16BrN3O3. The molecule has 0 spiro atoms. The third-order valence-corrected chi connectivity index (χ3v) is 3.96. The van der Waals surface area contributed by atoms with Gasteiger partial charge in [-0.25, -0.2) is 4.79 Å². The molecule has 0 saturated carbocycles. The average Bonchev–Trinajstić information content (AvgIpc) is 2.87. The molecule has 2 rings (SSSR count). The van der Waals surface area contributed by atoms with Crippen molar-refractivity contribution in [2.24, 2.45) is 0 Å². The van der Waals surface area contributed by atoms with E-state index in [9.17, 15) is 14.7 Å². The normalized spacial score (nSPS) is 11.3. The number of aryl methyl sites for hydroxylation is 1. The molecule has 1 amide bonds. The van der Waals surface area contributed by atoms with Gasteiger partial charge in [0.25, 0.3) is 5.91 Å². The second-order valence-corrected chi connectivity index (χ2v) is 6.33. The van der Waals surface area contributed by atoms with E-state index in [1.807, 2.05) is 19.1 Å². The Morgan fingerprint density at radius 2 is 2.05 bits per heavy atom. The van der Waals surface area contributed by atoms with Crippen LogP contribution in [-0.4, -0.2) is 26.8 Å². The number of anilines is 1. The molecule has 1 aromatic heterocycles. The number of nitrogens with one attached hydrogen (secondary N) is 1. The summed E-state index contributed by atoms with van der Waals surface area (Å²) < 4.78 is 2.00. The molecule has 22 heavy (non-hydrogen) atoms. The van der Waals surface area contributed by atoms with Crippen molar-refractivity contribution >= 4 is 33.5 Å². The highest BCUT2D eigenvalue weighted by Crippen LogP contribution is 2.21. The summed E-state index contributed by atoms with van der Waals surface area (Å²) in [6.07, 6.45) is 2.92. The van der Waals surface area contributed by atoms with Crippen LogP contribution in [0, 0.1) is 6.92 Å². The van der Waals surface area contributed by atoms with E-state index in [4.69, 9.17) is 0 Å². The van der Waals surface area contributed by atoms with Gasteiger partial charge in [-0.3, -0.25) is 9.48 Å². The Bertz CT molecular complexity index is 737. The van der Waals surface area contributed by atoms with Crippen LogP contribution in [0.4, 0.5) is 5.69 Å². The van der Waals surface area contributed by atoms with Gasteiger partial charge in [0.2, 0.25) is 0 Å². The molecule has 0 aliphatic carbocycles. The van der Waals surface area contributed by atoms with Crippen molar-refractivity contribution < 1.29 is 14.7 Å². The van der Waals surface area contributed by atoms with E-state index < -0.39 is 11.5 Å². The van der Waals surface area contributed by atoms with Crippen LogP contribution < -0.4 is 5.32 Å². The molecule has 2 N–H and O–H groups in total. The first-order chi connectivity index (χ1) is 10.2. The summed E-state index contributed by atoms with van der Waals surface area (Å²) in [5, 5.41) is 15.9. The predicted molar refractivity (Wildman–Crippen MR) is 86.0 cm³/mol. The number of rotatable bonds is 4. The fourth-order valence-electron chi connectivity index (χ4n) is 1.79. The molecule has 0 unspecified atom stereocenters. The van der Waals surface area contributed by atoms with Gasteiger partial charge in [0.1, 0.15) is 0 Å². The van der Waals surface area contributed by atoms with Crippen molar-refractivity contribution in [3.63, 3.8) is 0 Å². The molecule has 1 heterocycles. The van der Waals surface area contributed by atoms with E-state index in [-0.39, 0.29) is 5.91 Å². The Morgan fingerprint density at radius 1 is 1.36 bits per heavy atom. The molecule has 0 fully saturated rings. The second-order valence-electron chi connectivity index (χ2n) is 5.48. The fraction of sp³-hybridized carbons (Fsp3) is 0.267. The zero-order chi connectivity index (χ0) is 16.5. The van der Waals surface area contributed by atoms with Crippen LogP contribution in [0.2, 0.25) is 0 Å². The van der Waals surface area contributed by atoms with Crippen LogP contribution in [0.1, 0.15) is 29.8 Å². The smallest absolute Gasteiger partial charge is 0.331 e. The van der Waals surface area contributed by atoms with Gasteiger partial charge in [0, 0.05) is 10.7 Å². The molecule has 6 nitrogen and oxygen atoms in total. The number of hydrogen-bond donors (Lipinski definition) is 2. The lowest BCUT2D eigenvalue weighted by atomic mass is 10.1. The molecule has 0 aliphatic rings. The number of carboxylic acid groups (broad SMARTS) is 1. The number of halogens is 1. The third kappa shape index (κ3) is 3.19. The van der Waals surface area contributed by atoms with Crippen molar-refractivity contribution in [2.45, 2.75) is 26.3 Å². The van der Waals surface area contributed by atoms with Crippen LogP contribution >= 0.6 is 15.9 Å². The highest BCUT2D eigenvalue weighted by molar-refractivity contribution is 9.10. The van der Waals surface area contributed by atoms with Crippen LogP contribution in [0.3, 0.4) is 0 Å². The van der Waals surface area contributed by atoms with Gasteiger partial charge >= 0.3 is 5.97 Å². The van der Waals surface area contributed by atoms with Crippen LogP contribution in [0.15, 0.2) is 35.1 Å². The van der Waals surface area contributed by atoms with E-state index in [0.717, 1.165) is 5.56 Å². The molecule has 0 atom stereocenters. The summed E-state index contributed by atoms with van der Waals surface area (Å²) in [6.45, 7) is 5.00. The SMILES string of the molecule is Cc1ccc(C(=O)Nc2cnn(C(C)(C)C(=O)O)c2)c(Br)c1. The minimum atomic E-state index is -1.19. The number of aliphatic carboxylic acids is 1. The number of aromatic nitrogens is 2. The number of carboxylic acids is 1. The number of carbonyl (C=O) groups excluding carboxylic acids is 1. The molecule has 116 valence electrons. The molecule has 0 bridgehead atoms. The summed E-state index contributed by atoms with van der Waals surface area (Å²) in [6, 6.07) is 5.42. The Morgan fingerprint density at radius 3 is 2.64 bits per heavy atom. The maximum atomic E-state index is 12.2. The number of hydrogen-bond acceptors (Lipinski definition) is 3. The molecule has 0 saturated heterocycles. The Kier molecular flexibility index (Phi) is 4.37. The zero-order valence-corrected chi connectivity index (χ0v) is 14.0. The van der Waals surface area contributed by atoms with Gasteiger partial charge in [-0.15, -0.1) is 0 Å². The second kappa shape index (κ2) is 5.92. The quantitative estimate of drug-likeness (QED) is 0.871. The summed E-state index contributed by atoms with van der Waals surface area (Å²) in [5.41, 5.74) is 0.787. The first-order valence-corrected chi connectivity index (χ1v) is 7.37. The largest absolute Gasteiger partial charge is 0.479 e. The molecule has 1 aromatic carbocycles. The van der Waals surface area contributed by atoms with Crippen LogP contribution in [0.25, 0.3) is 0 Å². The van der Waals surface area contributed by atoms with Crippen molar-refractivity contribution in [2.75, 3.05) is 5.32 Å². The van der Waals surface area contributed by atoms with E-state index in [0.29, 0.717) is 15.7 Å². The number of amides is 1. The van der Waals surface area contributed by atoms with Crippen LogP contribution in [-0.2, 0) is 10.3 Å². The van der Waals surface area contributed by atoms with Crippen molar-refractivity contribution in [3.05, 3.63) is 46.2 Å². The Balaban J connectivity index is 2.20. The lowest BCUT2D eigenvalue weighted by molar-refractivity contribution is -0.146. The first-order valence-electron chi connectivity index (χ1n) is 6.58. The van der Waals surface area contributed by atoms with E-state index >= 15 is 0 Å². The Hall–Kier alpha value is -2.15. The van der Waals surface area contributed by atoms with Gasteiger partial charge < -0.3 is 10.4 Å². The lowest BCUT2D eigenvalue weighted by Gasteiger charge is -2.19. The molecule has 0 aliphatic heterocycles. The highest BCUT2D eigenvalue weighted by atomic mass is 79.9. The minimum Gasteiger partial charge on any atom is -0.479 e. The van der Waals surface area contributed by atoms with E-state index in [1.54, 1.807) is 6.07 Å². The zero-order valence-electron chi connectivity index (χ0n) is 12.4. The molecule has 2 aromatic rings. The standard InChI is InChI=1S/C15H16BrN3O3/c1-9-4-5-11(12(16)6-9)13(20)18-10-7-17-19(8-10)15(2,3)14(21)22/h4-8H,1-3H3,(H,18,20)(H,21,22). The minimum absolute atomic E-state index is 0.292. The first kappa shape index (κ1) is 16.2. The fourth-order valence-corrected chi connectivity index (χ4v) is 2.47. The summed E-state index contributed by atoms with van der Waals surface area (Å²) >= 11 is 3.36. The van der Waals surface area contributed by atoms with Gasteiger partial charge in [-0.05, 0) is 54.4 Å². The predicted octanol–water partition coefficient (Wildman–Crippen LogP) is 3.03. The number of nitrogens with zero attached hydrogens (tertiary/aromatic N) is 2. The van der Waals surface area contributed by atoms with Gasteiger partial charge in [-0.1, -0.05) is 6.07 Å². The lowest BCUT2D eigenvalue weighted by Crippen LogP contribution is -2.35.